The van der Waals surface area contributed by atoms with Crippen molar-refractivity contribution in [2.45, 2.75) is 40.5 Å². The lowest BCUT2D eigenvalue weighted by Gasteiger charge is -2.15. The smallest absolute Gasteiger partial charge is 0.0436 e. The molecule has 0 unspecified atom stereocenters. The van der Waals surface area contributed by atoms with E-state index >= 15 is 0 Å². The van der Waals surface area contributed by atoms with E-state index < -0.39 is 0 Å². The number of halogens is 1. The number of alkyl halides is 1. The number of allylic oxidation sites excluding steroid dienone is 4. The summed E-state index contributed by atoms with van der Waals surface area (Å²) in [5.41, 5.74) is 2.93. The van der Waals surface area contributed by atoms with Gasteiger partial charge >= 0.3 is 0 Å². The normalized spacial score (nSPS) is 15.8. The largest absolute Gasteiger partial charge is 0.122 e. The minimum atomic E-state index is 0.696. The van der Waals surface area contributed by atoms with E-state index in [1.54, 1.807) is 5.57 Å². The Labute approximate surface area is 87.7 Å². The van der Waals surface area contributed by atoms with Crippen molar-refractivity contribution in [3.05, 3.63) is 23.3 Å². The van der Waals surface area contributed by atoms with Crippen LogP contribution in [0.15, 0.2) is 23.3 Å². The molecule has 0 heterocycles. The minimum absolute atomic E-state index is 0.696. The van der Waals surface area contributed by atoms with Gasteiger partial charge in [-0.3, -0.25) is 0 Å². The molecule has 0 amide bonds. The number of hydrogen-bond acceptors (Lipinski definition) is 0. The van der Waals surface area contributed by atoms with Crippen molar-refractivity contribution in [3.8, 4) is 0 Å². The van der Waals surface area contributed by atoms with Gasteiger partial charge in [0.25, 0.3) is 0 Å². The Bertz CT molecular complexity index is 187. The molecule has 0 radical (unpaired) electrons. The molecule has 0 bridgehead atoms. The lowest BCUT2D eigenvalue weighted by Crippen LogP contribution is -1.99. The van der Waals surface area contributed by atoms with Crippen LogP contribution in [0.25, 0.3) is 0 Å². The summed E-state index contributed by atoms with van der Waals surface area (Å²) in [4.78, 5) is 0. The standard InChI is InChI=1S/C10H15Cl.C2H6/c1-8(2)10-5-3-9(7-11)4-6-10;1-2/h3,5,8H,4,6-7H2,1-2H3;1-2H3. The molecule has 1 aliphatic carbocycles. The monoisotopic (exact) mass is 200 g/mol. The molecule has 0 saturated heterocycles. The molecule has 0 spiro atoms. The second-order valence-electron chi connectivity index (χ2n) is 3.35. The first kappa shape index (κ1) is 12.8. The first-order valence-corrected chi connectivity index (χ1v) is 5.72. The summed E-state index contributed by atoms with van der Waals surface area (Å²) in [6.45, 7) is 8.48. The Balaban J connectivity index is 0.000000671. The molecule has 0 aliphatic heterocycles. The highest BCUT2D eigenvalue weighted by molar-refractivity contribution is 6.19. The van der Waals surface area contributed by atoms with Gasteiger partial charge in [0.15, 0.2) is 0 Å². The van der Waals surface area contributed by atoms with Crippen molar-refractivity contribution < 1.29 is 0 Å². The Morgan fingerprint density at radius 3 is 2.15 bits per heavy atom. The molecule has 1 heteroatoms. The summed E-state index contributed by atoms with van der Waals surface area (Å²) in [6.07, 6.45) is 6.77. The van der Waals surface area contributed by atoms with E-state index in [4.69, 9.17) is 11.6 Å². The zero-order valence-electron chi connectivity index (χ0n) is 9.23. The summed E-state index contributed by atoms with van der Waals surface area (Å²) in [7, 11) is 0. The highest BCUT2D eigenvalue weighted by atomic mass is 35.5. The maximum atomic E-state index is 5.71. The van der Waals surface area contributed by atoms with Gasteiger partial charge in [-0.25, -0.2) is 0 Å². The van der Waals surface area contributed by atoms with E-state index in [0.29, 0.717) is 11.8 Å². The van der Waals surface area contributed by atoms with Gasteiger partial charge in [-0.2, -0.15) is 0 Å². The summed E-state index contributed by atoms with van der Waals surface area (Å²) < 4.78 is 0. The fourth-order valence-electron chi connectivity index (χ4n) is 1.29. The van der Waals surface area contributed by atoms with E-state index in [2.05, 4.69) is 26.0 Å². The molecular formula is C12H21Cl. The van der Waals surface area contributed by atoms with Crippen molar-refractivity contribution in [2.75, 3.05) is 5.88 Å². The van der Waals surface area contributed by atoms with Gasteiger partial charge in [0.1, 0.15) is 0 Å². The minimum Gasteiger partial charge on any atom is -0.122 e. The van der Waals surface area contributed by atoms with E-state index in [9.17, 15) is 0 Å². The topological polar surface area (TPSA) is 0 Å². The number of hydrogen-bond donors (Lipinski definition) is 0. The molecule has 0 aromatic carbocycles. The molecule has 13 heavy (non-hydrogen) atoms. The SMILES string of the molecule is CC.CC(C)C1=CC=C(CCl)CC1. The molecule has 0 aromatic rings. The van der Waals surface area contributed by atoms with Gasteiger partial charge in [-0.1, -0.05) is 51.0 Å². The molecule has 0 aromatic heterocycles. The van der Waals surface area contributed by atoms with Crippen LogP contribution >= 0.6 is 11.6 Å². The van der Waals surface area contributed by atoms with Gasteiger partial charge in [-0.05, 0) is 18.8 Å². The second kappa shape index (κ2) is 7.20. The van der Waals surface area contributed by atoms with E-state index in [-0.39, 0.29) is 0 Å². The molecule has 76 valence electrons. The van der Waals surface area contributed by atoms with Crippen LogP contribution in [-0.4, -0.2) is 5.88 Å². The molecule has 0 nitrogen and oxygen atoms in total. The van der Waals surface area contributed by atoms with Crippen LogP contribution in [0.1, 0.15) is 40.5 Å². The number of rotatable bonds is 2. The van der Waals surface area contributed by atoms with Gasteiger partial charge < -0.3 is 0 Å². The zero-order chi connectivity index (χ0) is 10.3. The summed E-state index contributed by atoms with van der Waals surface area (Å²) in [6, 6.07) is 0. The van der Waals surface area contributed by atoms with Gasteiger partial charge in [0, 0.05) is 5.88 Å². The lowest BCUT2D eigenvalue weighted by atomic mass is 9.92. The third kappa shape index (κ3) is 4.52. The Morgan fingerprint density at radius 1 is 1.23 bits per heavy atom. The molecule has 0 N–H and O–H groups in total. The summed E-state index contributed by atoms with van der Waals surface area (Å²) in [5.74, 6) is 1.39. The first-order valence-electron chi connectivity index (χ1n) is 5.18. The van der Waals surface area contributed by atoms with Crippen molar-refractivity contribution >= 4 is 11.6 Å². The third-order valence-electron chi connectivity index (χ3n) is 2.18. The molecular weight excluding hydrogens is 180 g/mol. The van der Waals surface area contributed by atoms with Crippen LogP contribution in [0.4, 0.5) is 0 Å². The van der Waals surface area contributed by atoms with Gasteiger partial charge in [0.05, 0.1) is 0 Å². The quantitative estimate of drug-likeness (QED) is 0.574. The second-order valence-corrected chi connectivity index (χ2v) is 3.62. The fourth-order valence-corrected chi connectivity index (χ4v) is 1.51. The van der Waals surface area contributed by atoms with Crippen molar-refractivity contribution in [1.82, 2.24) is 0 Å². The predicted molar refractivity (Wildman–Crippen MR) is 62.3 cm³/mol. The highest BCUT2D eigenvalue weighted by Gasteiger charge is 2.07. The van der Waals surface area contributed by atoms with E-state index in [1.165, 1.54) is 12.0 Å². The van der Waals surface area contributed by atoms with Crippen LogP contribution in [0.3, 0.4) is 0 Å². The Morgan fingerprint density at radius 2 is 1.85 bits per heavy atom. The summed E-state index contributed by atoms with van der Waals surface area (Å²) >= 11 is 5.71. The van der Waals surface area contributed by atoms with Crippen molar-refractivity contribution in [2.24, 2.45) is 5.92 Å². The van der Waals surface area contributed by atoms with E-state index in [1.807, 2.05) is 13.8 Å². The van der Waals surface area contributed by atoms with Gasteiger partial charge in [0.2, 0.25) is 0 Å². The Hall–Kier alpha value is -0.230. The fraction of sp³-hybridized carbons (Fsp3) is 0.667. The average molecular weight is 201 g/mol. The average Bonchev–Trinajstić information content (AvgIpc) is 2.21. The molecule has 0 saturated carbocycles. The predicted octanol–water partition coefficient (Wildman–Crippen LogP) is 4.55. The Kier molecular flexibility index (Phi) is 7.07. The van der Waals surface area contributed by atoms with Crippen LogP contribution in [0, 0.1) is 5.92 Å². The molecule has 0 atom stereocenters. The molecule has 0 fully saturated rings. The summed E-state index contributed by atoms with van der Waals surface area (Å²) in [5, 5.41) is 0. The molecule has 1 rings (SSSR count). The first-order chi connectivity index (χ1) is 6.24. The maximum Gasteiger partial charge on any atom is 0.0436 e. The third-order valence-corrected chi connectivity index (χ3v) is 2.52. The van der Waals surface area contributed by atoms with Crippen LogP contribution in [0.5, 0.6) is 0 Å². The zero-order valence-corrected chi connectivity index (χ0v) is 9.99. The van der Waals surface area contributed by atoms with E-state index in [0.717, 1.165) is 6.42 Å². The maximum absolute atomic E-state index is 5.71. The molecule has 1 aliphatic rings. The van der Waals surface area contributed by atoms with Crippen LogP contribution in [0.2, 0.25) is 0 Å². The lowest BCUT2D eigenvalue weighted by molar-refractivity contribution is 0.700. The van der Waals surface area contributed by atoms with Crippen LogP contribution in [-0.2, 0) is 0 Å². The van der Waals surface area contributed by atoms with Gasteiger partial charge in [-0.15, -0.1) is 11.6 Å². The highest BCUT2D eigenvalue weighted by Crippen LogP contribution is 2.24. The van der Waals surface area contributed by atoms with Crippen molar-refractivity contribution in [3.63, 3.8) is 0 Å². The van der Waals surface area contributed by atoms with Crippen molar-refractivity contribution in [1.29, 1.82) is 0 Å². The van der Waals surface area contributed by atoms with Crippen LogP contribution < -0.4 is 0 Å².